The molecule has 0 aliphatic rings. The third kappa shape index (κ3) is 13.2. The highest BCUT2D eigenvalue weighted by atomic mass is 32.2. The molecule has 8 aromatic rings. The molecule has 4 aromatic carbocycles. The maximum atomic E-state index is 13.7. The second kappa shape index (κ2) is 26.0. The van der Waals surface area contributed by atoms with Gasteiger partial charge in [-0.1, -0.05) is 36.4 Å². The standard InChI is InChI=1S/2C27H26FN5O6S/c2*1-36-21-8-6-9-22(37-2)26(21)33-24(31-32-27(33)20-7-5-10-25(30-20)39-4)16-40(34,35)15-23(38-3)19-12-11-18(28)13-17(19)14-29/h2*5-13,23H,15-16H2,1-4H3/t2*23-/m10/s1. The van der Waals surface area contributed by atoms with Gasteiger partial charge in [0.2, 0.25) is 11.8 Å². The molecule has 0 aliphatic heterocycles. The summed E-state index contributed by atoms with van der Waals surface area (Å²) in [5, 5.41) is 35.9. The van der Waals surface area contributed by atoms with Gasteiger partial charge in [-0.2, -0.15) is 10.5 Å². The lowest BCUT2D eigenvalue weighted by Gasteiger charge is -2.19. The summed E-state index contributed by atoms with van der Waals surface area (Å²) in [4.78, 5) is 8.88. The predicted octanol–water partition coefficient (Wildman–Crippen LogP) is 7.34. The molecule has 2 atom stereocenters. The van der Waals surface area contributed by atoms with Gasteiger partial charge in [0.15, 0.2) is 43.0 Å². The highest BCUT2D eigenvalue weighted by Crippen LogP contribution is 2.39. The molecule has 8 rings (SSSR count). The minimum absolute atomic E-state index is 0.0182. The summed E-state index contributed by atoms with van der Waals surface area (Å²) >= 11 is 0. The summed E-state index contributed by atoms with van der Waals surface area (Å²) in [6.45, 7) is 0. The molecule has 0 unspecified atom stereocenters. The fourth-order valence-electron chi connectivity index (χ4n) is 8.39. The van der Waals surface area contributed by atoms with Gasteiger partial charge >= 0.3 is 0 Å². The zero-order chi connectivity index (χ0) is 57.7. The number of benzene rings is 4. The fourth-order valence-corrected chi connectivity index (χ4v) is 11.3. The molecular formula is C54H52F2N10O12S2. The molecule has 0 amide bonds. The van der Waals surface area contributed by atoms with E-state index in [2.05, 4.69) is 30.4 Å². The minimum Gasteiger partial charge on any atom is -0.494 e. The number of hydrogen-bond acceptors (Lipinski definition) is 20. The first-order valence-electron chi connectivity index (χ1n) is 23.7. The van der Waals surface area contributed by atoms with E-state index >= 15 is 0 Å². The Hall–Kier alpha value is -9.08. The maximum absolute atomic E-state index is 13.7. The van der Waals surface area contributed by atoms with Crippen molar-refractivity contribution in [3.8, 4) is 81.3 Å². The number of hydrogen-bond donors (Lipinski definition) is 0. The van der Waals surface area contributed by atoms with E-state index in [-0.39, 0.29) is 45.6 Å². The largest absolute Gasteiger partial charge is 0.494 e. The van der Waals surface area contributed by atoms with Crippen LogP contribution in [0.25, 0.3) is 34.4 Å². The molecule has 80 heavy (non-hydrogen) atoms. The molecule has 4 heterocycles. The van der Waals surface area contributed by atoms with Gasteiger partial charge in [0, 0.05) is 26.4 Å². The first-order valence-corrected chi connectivity index (χ1v) is 27.3. The van der Waals surface area contributed by atoms with Crippen molar-refractivity contribution in [2.45, 2.75) is 23.7 Å². The normalized spacial score (nSPS) is 12.0. The van der Waals surface area contributed by atoms with Gasteiger partial charge in [-0.25, -0.2) is 35.6 Å². The molecule has 0 radical (unpaired) electrons. The first kappa shape index (κ1) is 58.6. The number of nitrogens with zero attached hydrogens (tertiary/aromatic N) is 10. The minimum atomic E-state index is -3.96. The Morgan fingerprint density at radius 3 is 1.15 bits per heavy atom. The van der Waals surface area contributed by atoms with E-state index < -0.39 is 66.5 Å². The topological polar surface area (TPSA) is 277 Å². The second-order valence-electron chi connectivity index (χ2n) is 16.9. The quantitative estimate of drug-likeness (QED) is 0.0642. The van der Waals surface area contributed by atoms with Crippen molar-refractivity contribution >= 4 is 19.7 Å². The van der Waals surface area contributed by atoms with Crippen LogP contribution < -0.4 is 28.4 Å². The van der Waals surface area contributed by atoms with E-state index in [1.54, 1.807) is 72.8 Å². The Balaban J connectivity index is 0.000000231. The average Bonchev–Trinajstić information content (AvgIpc) is 4.22. The summed E-state index contributed by atoms with van der Waals surface area (Å²) in [7, 11) is 3.56. The van der Waals surface area contributed by atoms with E-state index in [1.165, 1.54) is 78.1 Å². The number of rotatable bonds is 22. The van der Waals surface area contributed by atoms with Crippen LogP contribution in [0.15, 0.2) is 109 Å². The Morgan fingerprint density at radius 2 is 0.838 bits per heavy atom. The van der Waals surface area contributed by atoms with Gasteiger partial charge < -0.3 is 37.9 Å². The number of ether oxygens (including phenoxy) is 8. The fraction of sp³-hybridized carbons (Fsp3) is 0.259. The van der Waals surface area contributed by atoms with Gasteiger partial charge in [-0.3, -0.25) is 9.13 Å². The van der Waals surface area contributed by atoms with Crippen LogP contribution in [0.2, 0.25) is 0 Å². The lowest BCUT2D eigenvalue weighted by molar-refractivity contribution is 0.121. The first-order chi connectivity index (χ1) is 38.5. The van der Waals surface area contributed by atoms with Gasteiger partial charge in [-0.15, -0.1) is 20.4 Å². The van der Waals surface area contributed by atoms with Crippen molar-refractivity contribution in [3.05, 3.63) is 155 Å². The summed E-state index contributed by atoms with van der Waals surface area (Å²) in [6.07, 6.45) is -2.06. The van der Waals surface area contributed by atoms with E-state index in [9.17, 15) is 36.1 Å². The van der Waals surface area contributed by atoms with Crippen molar-refractivity contribution in [2.24, 2.45) is 0 Å². The van der Waals surface area contributed by atoms with Gasteiger partial charge in [-0.05, 0) is 71.8 Å². The lowest BCUT2D eigenvalue weighted by Crippen LogP contribution is -2.21. The molecule has 0 N–H and O–H groups in total. The third-order valence-corrected chi connectivity index (χ3v) is 15.1. The van der Waals surface area contributed by atoms with Crippen LogP contribution in [0, 0.1) is 34.3 Å². The average molecular weight is 1140 g/mol. The smallest absolute Gasteiger partial charge is 0.213 e. The molecule has 416 valence electrons. The second-order valence-corrected chi connectivity index (χ2v) is 21.2. The van der Waals surface area contributed by atoms with Crippen LogP contribution in [0.4, 0.5) is 8.78 Å². The summed E-state index contributed by atoms with van der Waals surface area (Å²) in [6, 6.07) is 31.2. The number of para-hydroxylation sites is 2. The third-order valence-electron chi connectivity index (χ3n) is 12.1. The van der Waals surface area contributed by atoms with Crippen LogP contribution in [-0.4, -0.2) is 125 Å². The Kier molecular flexibility index (Phi) is 19.1. The Labute approximate surface area is 459 Å². The molecule has 22 nitrogen and oxygen atoms in total. The Morgan fingerprint density at radius 1 is 0.487 bits per heavy atom. The van der Waals surface area contributed by atoms with E-state index in [1.807, 2.05) is 12.1 Å². The van der Waals surface area contributed by atoms with Gasteiger partial charge in [0.1, 0.15) is 68.9 Å². The van der Waals surface area contributed by atoms with E-state index in [0.717, 1.165) is 24.3 Å². The van der Waals surface area contributed by atoms with Crippen molar-refractivity contribution in [3.63, 3.8) is 0 Å². The number of methoxy groups -OCH3 is 8. The van der Waals surface area contributed by atoms with Crippen molar-refractivity contribution < 1.29 is 63.5 Å². The molecule has 26 heteroatoms. The summed E-state index contributed by atoms with van der Waals surface area (Å²) in [5.74, 6) is -0.665. The number of halogens is 2. The van der Waals surface area contributed by atoms with Crippen LogP contribution in [0.3, 0.4) is 0 Å². The molecule has 0 saturated heterocycles. The number of pyridine rings is 2. The van der Waals surface area contributed by atoms with Crippen molar-refractivity contribution in [1.82, 2.24) is 39.5 Å². The monoisotopic (exact) mass is 1130 g/mol. The molecule has 0 bridgehead atoms. The summed E-state index contributed by atoms with van der Waals surface area (Å²) < 4.78 is 128. The van der Waals surface area contributed by atoms with Gasteiger partial charge in [0.25, 0.3) is 0 Å². The zero-order valence-corrected chi connectivity index (χ0v) is 46.0. The predicted molar refractivity (Wildman–Crippen MR) is 285 cm³/mol. The van der Waals surface area contributed by atoms with Crippen LogP contribution in [0.1, 0.15) is 46.1 Å². The van der Waals surface area contributed by atoms with E-state index in [0.29, 0.717) is 57.5 Å². The molecule has 0 spiro atoms. The highest BCUT2D eigenvalue weighted by molar-refractivity contribution is 7.90. The summed E-state index contributed by atoms with van der Waals surface area (Å²) in [5.41, 5.74) is 1.94. The number of aromatic nitrogens is 8. The zero-order valence-electron chi connectivity index (χ0n) is 44.3. The molecule has 0 aliphatic carbocycles. The molecule has 4 aromatic heterocycles. The molecule has 0 saturated carbocycles. The van der Waals surface area contributed by atoms with Crippen LogP contribution in [0.5, 0.6) is 34.8 Å². The van der Waals surface area contributed by atoms with Crippen molar-refractivity contribution in [2.75, 3.05) is 68.4 Å². The van der Waals surface area contributed by atoms with Crippen molar-refractivity contribution in [1.29, 1.82) is 10.5 Å². The SMILES string of the molecule is COc1cccc(-c2nnc(CS(=O)(=O)C[C@@H](OC)c3ccc(F)cc3C#N)n2-c2c(OC)cccc2OC)n1.COc1cccc(-c2nnc(CS(=O)(=O)C[C@H](OC)c3ccc(F)cc3C#N)n2-c2c(OC)cccc2OC)n1. The van der Waals surface area contributed by atoms with Crippen LogP contribution >= 0.6 is 0 Å². The van der Waals surface area contributed by atoms with Gasteiger partial charge in [0.05, 0.1) is 89.6 Å². The molecule has 0 fully saturated rings. The maximum Gasteiger partial charge on any atom is 0.213 e. The number of sulfone groups is 2. The highest BCUT2D eigenvalue weighted by Gasteiger charge is 2.32. The Bertz CT molecular complexity index is 3540. The molecular weight excluding hydrogens is 1080 g/mol. The number of nitriles is 2. The lowest BCUT2D eigenvalue weighted by atomic mass is 10.0. The van der Waals surface area contributed by atoms with E-state index in [4.69, 9.17) is 37.9 Å². The van der Waals surface area contributed by atoms with Crippen LogP contribution in [-0.2, 0) is 40.7 Å².